The maximum absolute atomic E-state index is 12.0. The van der Waals surface area contributed by atoms with Crippen LogP contribution in [-0.4, -0.2) is 38.3 Å². The number of aryl methyl sites for hydroxylation is 1. The number of nitrogens with two attached hydrogens (primary N) is 2. The van der Waals surface area contributed by atoms with Crippen molar-refractivity contribution in [1.29, 1.82) is 0 Å². The molecule has 38 heavy (non-hydrogen) atoms. The second-order valence-electron chi connectivity index (χ2n) is 8.33. The van der Waals surface area contributed by atoms with Gasteiger partial charge in [0.1, 0.15) is 27.7 Å². The van der Waals surface area contributed by atoms with Crippen LogP contribution in [0.4, 0.5) is 39.8 Å². The second-order valence-corrected chi connectivity index (χ2v) is 9.72. The van der Waals surface area contributed by atoms with Crippen LogP contribution in [0.15, 0.2) is 73.9 Å². The van der Waals surface area contributed by atoms with Crippen LogP contribution in [0.2, 0.25) is 0 Å². The summed E-state index contributed by atoms with van der Waals surface area (Å²) in [5, 5.41) is 28.6. The Morgan fingerprint density at radius 1 is 0.895 bits per heavy atom. The van der Waals surface area contributed by atoms with E-state index < -0.39 is 15.0 Å². The molecule has 0 unspecified atom stereocenters. The van der Waals surface area contributed by atoms with E-state index in [0.29, 0.717) is 17.1 Å². The minimum absolute atomic E-state index is 0.0730. The largest absolute Gasteiger partial charge is 0.494 e. The van der Waals surface area contributed by atoms with Crippen molar-refractivity contribution in [2.75, 3.05) is 37.0 Å². The molecule has 0 bridgehead atoms. The lowest BCUT2D eigenvalue weighted by Gasteiger charge is -2.11. The first kappa shape index (κ1) is 28.5. The summed E-state index contributed by atoms with van der Waals surface area (Å²) < 4.78 is 39.2. The number of nitrogen functional groups attached to an aromatic ring is 2. The van der Waals surface area contributed by atoms with Crippen molar-refractivity contribution in [3.63, 3.8) is 0 Å². The predicted molar refractivity (Wildman–Crippen MR) is 147 cm³/mol. The van der Waals surface area contributed by atoms with E-state index in [9.17, 15) is 13.0 Å². The molecule has 3 aromatic carbocycles. The molecule has 0 fully saturated rings. The van der Waals surface area contributed by atoms with Gasteiger partial charge in [0.25, 0.3) is 10.1 Å². The van der Waals surface area contributed by atoms with Crippen LogP contribution >= 0.6 is 0 Å². The van der Waals surface area contributed by atoms with E-state index in [1.807, 2.05) is 19.1 Å². The third kappa shape index (κ3) is 7.25. The summed E-state index contributed by atoms with van der Waals surface area (Å²) in [5.74, 6) is 0.414. The van der Waals surface area contributed by atoms with Crippen LogP contribution in [0, 0.1) is 6.92 Å². The van der Waals surface area contributed by atoms with Gasteiger partial charge in [-0.3, -0.25) is 4.55 Å². The standard InChI is InChI=1S/C25H31N7O5S/c1-16-8-4-5-9-18(16)29-32-25-23(26)20(15-22(24(25)27)38(34,35)36)31-30-19-11-10-17(14-21(19)37-2)28-12-6-3-7-13-33/h4-5,8-11,14-15,28,33H,3,6-7,12-13,26-27H2,1-2H3,(H,34,35,36). The number of rotatable bonds is 12. The fourth-order valence-corrected chi connectivity index (χ4v) is 4.11. The quantitative estimate of drug-likeness (QED) is 0.0817. The molecule has 202 valence electrons. The first-order valence-electron chi connectivity index (χ1n) is 11.8. The van der Waals surface area contributed by atoms with Gasteiger partial charge in [0.2, 0.25) is 0 Å². The molecule has 0 aliphatic carbocycles. The minimum Gasteiger partial charge on any atom is -0.494 e. The van der Waals surface area contributed by atoms with E-state index in [2.05, 4.69) is 25.8 Å². The summed E-state index contributed by atoms with van der Waals surface area (Å²) in [7, 11) is -3.25. The molecule has 0 amide bonds. The number of nitrogens with zero attached hydrogens (tertiary/aromatic N) is 4. The SMILES string of the molecule is COc1cc(NCCCCCO)ccc1N=Nc1cc(S(=O)(=O)O)c(N)c(N=Nc2ccccc2C)c1N. The van der Waals surface area contributed by atoms with Crippen molar-refractivity contribution in [3.8, 4) is 5.75 Å². The first-order chi connectivity index (χ1) is 18.2. The van der Waals surface area contributed by atoms with Crippen LogP contribution < -0.4 is 21.5 Å². The first-order valence-corrected chi connectivity index (χ1v) is 13.2. The maximum atomic E-state index is 12.0. The molecule has 3 aromatic rings. The van der Waals surface area contributed by atoms with E-state index in [1.54, 1.807) is 30.3 Å². The number of anilines is 3. The summed E-state index contributed by atoms with van der Waals surface area (Å²) in [6.45, 7) is 2.74. The lowest BCUT2D eigenvalue weighted by atomic mass is 10.2. The summed E-state index contributed by atoms with van der Waals surface area (Å²) in [4.78, 5) is -0.618. The molecule has 0 atom stereocenters. The number of hydrogen-bond donors (Lipinski definition) is 5. The molecule has 0 heterocycles. The number of methoxy groups -OCH3 is 1. The van der Waals surface area contributed by atoms with Gasteiger partial charge < -0.3 is 26.6 Å². The van der Waals surface area contributed by atoms with Gasteiger partial charge in [0, 0.05) is 24.9 Å². The average Bonchev–Trinajstić information content (AvgIpc) is 2.88. The van der Waals surface area contributed by atoms with Crippen LogP contribution in [0.25, 0.3) is 0 Å². The molecule has 7 N–H and O–H groups in total. The smallest absolute Gasteiger partial charge is 0.296 e. The fourth-order valence-electron chi connectivity index (χ4n) is 3.47. The van der Waals surface area contributed by atoms with Crippen molar-refractivity contribution < 1.29 is 22.8 Å². The highest BCUT2D eigenvalue weighted by molar-refractivity contribution is 7.86. The van der Waals surface area contributed by atoms with Crippen LogP contribution in [-0.2, 0) is 10.1 Å². The molecule has 0 aromatic heterocycles. The number of unbranched alkanes of at least 4 members (excludes halogenated alkanes) is 2. The highest BCUT2D eigenvalue weighted by Crippen LogP contribution is 2.43. The zero-order valence-electron chi connectivity index (χ0n) is 21.1. The third-order valence-corrected chi connectivity index (χ3v) is 6.47. The number of benzene rings is 3. The number of hydrogen-bond acceptors (Lipinski definition) is 11. The lowest BCUT2D eigenvalue weighted by molar-refractivity contribution is 0.283. The van der Waals surface area contributed by atoms with Gasteiger partial charge in [-0.2, -0.15) is 13.5 Å². The number of aliphatic hydroxyl groups is 1. The minimum atomic E-state index is -4.73. The van der Waals surface area contributed by atoms with Gasteiger partial charge in [-0.1, -0.05) is 18.2 Å². The van der Waals surface area contributed by atoms with E-state index >= 15 is 0 Å². The molecule has 0 aliphatic rings. The molecule has 0 saturated carbocycles. The van der Waals surface area contributed by atoms with Crippen LogP contribution in [0.3, 0.4) is 0 Å². The maximum Gasteiger partial charge on any atom is 0.296 e. The van der Waals surface area contributed by atoms with Crippen molar-refractivity contribution in [2.45, 2.75) is 31.1 Å². The summed E-state index contributed by atoms with van der Waals surface area (Å²) in [6, 6.07) is 13.4. The second kappa shape index (κ2) is 12.9. The van der Waals surface area contributed by atoms with Crippen molar-refractivity contribution in [2.24, 2.45) is 20.5 Å². The van der Waals surface area contributed by atoms with Crippen molar-refractivity contribution in [1.82, 2.24) is 0 Å². The monoisotopic (exact) mass is 541 g/mol. The number of nitrogens with one attached hydrogen (secondary N) is 1. The summed E-state index contributed by atoms with van der Waals surface area (Å²) in [5.41, 5.74) is 14.0. The zero-order chi connectivity index (χ0) is 27.7. The Morgan fingerprint density at radius 3 is 2.29 bits per heavy atom. The molecule has 12 nitrogen and oxygen atoms in total. The van der Waals surface area contributed by atoms with Gasteiger partial charge in [-0.15, -0.1) is 15.3 Å². The Labute approximate surface area is 221 Å². The van der Waals surface area contributed by atoms with E-state index in [-0.39, 0.29) is 29.4 Å². The average molecular weight is 542 g/mol. The van der Waals surface area contributed by atoms with Crippen LogP contribution in [0.1, 0.15) is 24.8 Å². The molecular formula is C25H31N7O5S. The Morgan fingerprint density at radius 2 is 1.61 bits per heavy atom. The van der Waals surface area contributed by atoms with Gasteiger partial charge in [0.15, 0.2) is 0 Å². The highest BCUT2D eigenvalue weighted by atomic mass is 32.2. The molecule has 0 saturated heterocycles. The molecule has 0 spiro atoms. The number of ether oxygens (including phenoxy) is 1. The topological polar surface area (TPSA) is 197 Å². The van der Waals surface area contributed by atoms with Gasteiger partial charge >= 0.3 is 0 Å². The van der Waals surface area contributed by atoms with Gasteiger partial charge in [0.05, 0.1) is 24.2 Å². The summed E-state index contributed by atoms with van der Waals surface area (Å²) >= 11 is 0. The Kier molecular flexibility index (Phi) is 9.71. The number of aliphatic hydroxyl groups excluding tert-OH is 1. The van der Waals surface area contributed by atoms with E-state index in [0.717, 1.165) is 43.1 Å². The zero-order valence-corrected chi connectivity index (χ0v) is 21.9. The Bertz CT molecular complexity index is 1440. The van der Waals surface area contributed by atoms with E-state index in [1.165, 1.54) is 7.11 Å². The highest BCUT2D eigenvalue weighted by Gasteiger charge is 2.22. The van der Waals surface area contributed by atoms with E-state index in [4.69, 9.17) is 21.3 Å². The normalized spacial score (nSPS) is 11.9. The molecule has 3 rings (SSSR count). The van der Waals surface area contributed by atoms with Crippen molar-refractivity contribution >= 4 is 49.9 Å². The molecule has 0 aliphatic heterocycles. The molecule has 0 radical (unpaired) electrons. The molecular weight excluding hydrogens is 510 g/mol. The Balaban J connectivity index is 1.95. The van der Waals surface area contributed by atoms with Gasteiger partial charge in [-0.25, -0.2) is 0 Å². The number of azo groups is 2. The fraction of sp³-hybridized carbons (Fsp3) is 0.280. The molecule has 13 heteroatoms. The lowest BCUT2D eigenvalue weighted by Crippen LogP contribution is -2.05. The van der Waals surface area contributed by atoms with Crippen molar-refractivity contribution in [3.05, 3.63) is 54.1 Å². The summed E-state index contributed by atoms with van der Waals surface area (Å²) in [6.07, 6.45) is 2.57. The predicted octanol–water partition coefficient (Wildman–Crippen LogP) is 5.82. The van der Waals surface area contributed by atoms with Gasteiger partial charge in [-0.05, 0) is 56.0 Å². The third-order valence-electron chi connectivity index (χ3n) is 5.58. The Hall–Kier alpha value is -4.07. The van der Waals surface area contributed by atoms with Crippen LogP contribution in [0.5, 0.6) is 5.75 Å².